The van der Waals surface area contributed by atoms with Gasteiger partial charge in [0.25, 0.3) is 0 Å². The van der Waals surface area contributed by atoms with E-state index in [9.17, 15) is 4.79 Å². The van der Waals surface area contributed by atoms with Crippen LogP contribution in [0.2, 0.25) is 10.0 Å². The predicted molar refractivity (Wildman–Crippen MR) is 106 cm³/mol. The number of rotatable bonds is 4. The molecule has 2 rings (SSSR count). The van der Waals surface area contributed by atoms with Crippen molar-refractivity contribution in [2.45, 2.75) is 33.8 Å². The number of halogens is 4. The Hall–Kier alpha value is -0.550. The standard InChI is InChI=1S/C18H16Br2Cl2O2/c1-9-4-15(19)10(2)14(18(9)22)5-12-7-17(21)13(6-16(12)20)8-24-11(3)23/h4,6-7H,5,8H2,1-3H3. The molecule has 24 heavy (non-hydrogen) atoms. The van der Waals surface area contributed by atoms with Crippen molar-refractivity contribution >= 4 is 61.0 Å². The third-order valence-corrected chi connectivity index (χ3v) is 6.22. The zero-order valence-electron chi connectivity index (χ0n) is 13.5. The molecule has 0 saturated heterocycles. The quantitative estimate of drug-likeness (QED) is 0.437. The number of esters is 1. The molecule has 0 spiro atoms. The van der Waals surface area contributed by atoms with Crippen molar-refractivity contribution in [3.63, 3.8) is 0 Å². The summed E-state index contributed by atoms with van der Waals surface area (Å²) in [5.41, 5.74) is 4.98. The van der Waals surface area contributed by atoms with E-state index < -0.39 is 0 Å². The van der Waals surface area contributed by atoms with Gasteiger partial charge in [0.1, 0.15) is 6.61 Å². The minimum absolute atomic E-state index is 0.156. The second-order valence-electron chi connectivity index (χ2n) is 5.58. The fraction of sp³-hybridized carbons (Fsp3) is 0.278. The van der Waals surface area contributed by atoms with Crippen LogP contribution in [0, 0.1) is 13.8 Å². The molecule has 0 aromatic heterocycles. The summed E-state index contributed by atoms with van der Waals surface area (Å²) in [7, 11) is 0. The summed E-state index contributed by atoms with van der Waals surface area (Å²) in [6.07, 6.45) is 0.652. The maximum Gasteiger partial charge on any atom is 0.302 e. The molecule has 0 fully saturated rings. The van der Waals surface area contributed by atoms with E-state index in [2.05, 4.69) is 31.9 Å². The van der Waals surface area contributed by atoms with Crippen LogP contribution in [0.4, 0.5) is 0 Å². The van der Waals surface area contributed by atoms with E-state index in [1.54, 1.807) is 0 Å². The molecule has 0 aliphatic heterocycles. The fourth-order valence-electron chi connectivity index (χ4n) is 2.36. The molecule has 0 amide bonds. The van der Waals surface area contributed by atoms with Gasteiger partial charge in [0.05, 0.1) is 0 Å². The van der Waals surface area contributed by atoms with Crippen molar-refractivity contribution in [1.82, 2.24) is 0 Å². The second kappa shape index (κ2) is 8.22. The molecule has 0 N–H and O–H groups in total. The molecule has 6 heteroatoms. The van der Waals surface area contributed by atoms with Crippen LogP contribution in [0.1, 0.15) is 34.7 Å². The summed E-state index contributed by atoms with van der Waals surface area (Å²) in [6, 6.07) is 5.79. The summed E-state index contributed by atoms with van der Waals surface area (Å²) in [4.78, 5) is 11.0. The van der Waals surface area contributed by atoms with Crippen LogP contribution in [-0.2, 0) is 22.6 Å². The van der Waals surface area contributed by atoms with Crippen molar-refractivity contribution in [2.75, 3.05) is 0 Å². The number of benzene rings is 2. The van der Waals surface area contributed by atoms with Gasteiger partial charge in [0.2, 0.25) is 0 Å². The Kier molecular flexibility index (Phi) is 6.77. The molecule has 2 aromatic carbocycles. The van der Waals surface area contributed by atoms with Gasteiger partial charge in [-0.3, -0.25) is 4.79 Å². The molecular weight excluding hydrogens is 479 g/mol. The molecule has 0 aliphatic rings. The molecule has 0 unspecified atom stereocenters. The molecule has 0 saturated carbocycles. The van der Waals surface area contributed by atoms with Crippen LogP contribution < -0.4 is 0 Å². The second-order valence-corrected chi connectivity index (χ2v) is 8.08. The SMILES string of the molecule is CC(=O)OCc1cc(Br)c(Cc2c(C)c(Br)cc(C)c2Cl)cc1Cl. The molecule has 0 atom stereocenters. The summed E-state index contributed by atoms with van der Waals surface area (Å²) in [5.74, 6) is -0.335. The first kappa shape index (κ1) is 19.8. The van der Waals surface area contributed by atoms with Crippen molar-refractivity contribution in [3.8, 4) is 0 Å². The smallest absolute Gasteiger partial charge is 0.302 e. The van der Waals surface area contributed by atoms with Gasteiger partial charge in [-0.25, -0.2) is 0 Å². The van der Waals surface area contributed by atoms with Crippen LogP contribution in [-0.4, -0.2) is 5.97 Å². The highest BCUT2D eigenvalue weighted by Gasteiger charge is 2.15. The lowest BCUT2D eigenvalue weighted by atomic mass is 9.97. The average Bonchev–Trinajstić information content (AvgIpc) is 2.51. The number of aryl methyl sites for hydroxylation is 1. The van der Waals surface area contributed by atoms with Gasteiger partial charge in [-0.2, -0.15) is 0 Å². The normalized spacial score (nSPS) is 10.8. The average molecular weight is 495 g/mol. The third-order valence-electron chi connectivity index (χ3n) is 3.78. The highest BCUT2D eigenvalue weighted by Crippen LogP contribution is 2.34. The maximum absolute atomic E-state index is 11.0. The van der Waals surface area contributed by atoms with Crippen molar-refractivity contribution in [1.29, 1.82) is 0 Å². The molecular formula is C18H16Br2Cl2O2. The Morgan fingerprint density at radius 3 is 2.38 bits per heavy atom. The minimum atomic E-state index is -0.335. The van der Waals surface area contributed by atoms with E-state index in [1.165, 1.54) is 6.92 Å². The molecule has 0 radical (unpaired) electrons. The molecule has 2 aromatic rings. The van der Waals surface area contributed by atoms with E-state index in [0.717, 1.165) is 41.8 Å². The van der Waals surface area contributed by atoms with Gasteiger partial charge in [0, 0.05) is 37.9 Å². The summed E-state index contributed by atoms with van der Waals surface area (Å²) in [6.45, 7) is 5.55. The largest absolute Gasteiger partial charge is 0.461 e. The molecule has 0 bridgehead atoms. The Morgan fingerprint density at radius 2 is 1.75 bits per heavy atom. The van der Waals surface area contributed by atoms with Gasteiger partial charge in [0.15, 0.2) is 0 Å². The van der Waals surface area contributed by atoms with Gasteiger partial charge >= 0.3 is 5.97 Å². The van der Waals surface area contributed by atoms with Crippen LogP contribution in [0.3, 0.4) is 0 Å². The van der Waals surface area contributed by atoms with Crippen LogP contribution in [0.15, 0.2) is 27.1 Å². The van der Waals surface area contributed by atoms with Crippen molar-refractivity contribution in [2.24, 2.45) is 0 Å². The third kappa shape index (κ3) is 4.54. The molecule has 0 heterocycles. The van der Waals surface area contributed by atoms with Crippen LogP contribution >= 0.6 is 55.1 Å². The van der Waals surface area contributed by atoms with Crippen LogP contribution in [0.25, 0.3) is 0 Å². The zero-order chi connectivity index (χ0) is 18.0. The first-order chi connectivity index (χ1) is 11.2. The van der Waals surface area contributed by atoms with Crippen molar-refractivity contribution in [3.05, 3.63) is 65.0 Å². The van der Waals surface area contributed by atoms with Gasteiger partial charge in [-0.05, 0) is 54.3 Å². The number of hydrogen-bond donors (Lipinski definition) is 0. The number of hydrogen-bond acceptors (Lipinski definition) is 2. The monoisotopic (exact) mass is 492 g/mol. The molecule has 2 nitrogen and oxygen atoms in total. The first-order valence-electron chi connectivity index (χ1n) is 7.25. The van der Waals surface area contributed by atoms with Gasteiger partial charge < -0.3 is 4.74 Å². The topological polar surface area (TPSA) is 26.3 Å². The van der Waals surface area contributed by atoms with E-state index in [-0.39, 0.29) is 12.6 Å². The lowest BCUT2D eigenvalue weighted by Gasteiger charge is -2.15. The lowest BCUT2D eigenvalue weighted by molar-refractivity contribution is -0.142. The fourth-order valence-corrected chi connectivity index (χ4v) is 3.98. The summed E-state index contributed by atoms with van der Waals surface area (Å²) < 4.78 is 6.96. The number of ether oxygens (including phenoxy) is 1. The van der Waals surface area contributed by atoms with E-state index >= 15 is 0 Å². The predicted octanol–water partition coefficient (Wildman–Crippen LogP) is 6.79. The Labute approximate surface area is 168 Å². The first-order valence-corrected chi connectivity index (χ1v) is 9.59. The lowest BCUT2D eigenvalue weighted by Crippen LogP contribution is -2.02. The minimum Gasteiger partial charge on any atom is -0.461 e. The van der Waals surface area contributed by atoms with E-state index in [0.29, 0.717) is 11.4 Å². The highest BCUT2D eigenvalue weighted by molar-refractivity contribution is 9.10. The Balaban J connectivity index is 2.38. The Morgan fingerprint density at radius 1 is 1.08 bits per heavy atom. The summed E-state index contributed by atoms with van der Waals surface area (Å²) in [5, 5.41) is 1.33. The Bertz CT molecular complexity index is 778. The molecule has 0 aliphatic carbocycles. The van der Waals surface area contributed by atoms with E-state index in [1.807, 2.05) is 32.0 Å². The zero-order valence-corrected chi connectivity index (χ0v) is 18.2. The van der Waals surface area contributed by atoms with Crippen molar-refractivity contribution < 1.29 is 9.53 Å². The van der Waals surface area contributed by atoms with Gasteiger partial charge in [-0.15, -0.1) is 0 Å². The van der Waals surface area contributed by atoms with Gasteiger partial charge in [-0.1, -0.05) is 55.1 Å². The summed E-state index contributed by atoms with van der Waals surface area (Å²) >= 11 is 20.0. The molecule has 128 valence electrons. The maximum atomic E-state index is 11.0. The van der Waals surface area contributed by atoms with Crippen LogP contribution in [0.5, 0.6) is 0 Å². The number of carbonyl (C=O) groups is 1. The highest BCUT2D eigenvalue weighted by atomic mass is 79.9. The van der Waals surface area contributed by atoms with E-state index in [4.69, 9.17) is 27.9 Å². The number of carbonyl (C=O) groups excluding carboxylic acids is 1.